The van der Waals surface area contributed by atoms with Crippen molar-refractivity contribution in [3.63, 3.8) is 0 Å². The minimum atomic E-state index is -0.604. The maximum absolute atomic E-state index is 11.8. The van der Waals surface area contributed by atoms with Gasteiger partial charge in [0.25, 0.3) is 0 Å². The van der Waals surface area contributed by atoms with Crippen molar-refractivity contribution >= 4 is 5.97 Å². The van der Waals surface area contributed by atoms with Gasteiger partial charge in [0.2, 0.25) is 0 Å². The van der Waals surface area contributed by atoms with Crippen LogP contribution in [0.5, 0.6) is 5.75 Å². The number of carbonyl (C=O) groups is 1. The molecule has 2 N–H and O–H groups in total. The first-order chi connectivity index (χ1) is 9.70. The van der Waals surface area contributed by atoms with Gasteiger partial charge in [-0.1, -0.05) is 50.8 Å². The van der Waals surface area contributed by atoms with Crippen molar-refractivity contribution in [2.24, 2.45) is 0 Å². The molecule has 0 saturated heterocycles. The molecule has 1 rings (SSSR count). The zero-order valence-electron chi connectivity index (χ0n) is 12.4. The van der Waals surface area contributed by atoms with Gasteiger partial charge in [0.05, 0.1) is 7.11 Å². The molecule has 20 heavy (non-hydrogen) atoms. The Balaban J connectivity index is 2.54. The van der Waals surface area contributed by atoms with E-state index in [0.717, 1.165) is 19.4 Å². The number of rotatable bonds is 9. The van der Waals surface area contributed by atoms with E-state index >= 15 is 0 Å². The molecule has 4 heteroatoms. The number of esters is 1. The van der Waals surface area contributed by atoms with Crippen LogP contribution in [0, 0.1) is 0 Å². The number of phenolic OH excluding ortho intramolecular Hbond substituents is 1. The average molecular weight is 279 g/mol. The number of phenols is 1. The fourth-order valence-electron chi connectivity index (χ4n) is 2.14. The van der Waals surface area contributed by atoms with Gasteiger partial charge in [0, 0.05) is 5.56 Å². The highest BCUT2D eigenvalue weighted by Crippen LogP contribution is 2.24. The molecule has 1 unspecified atom stereocenters. The van der Waals surface area contributed by atoms with Gasteiger partial charge in [0.1, 0.15) is 11.8 Å². The van der Waals surface area contributed by atoms with E-state index in [9.17, 15) is 9.90 Å². The first-order valence-corrected chi connectivity index (χ1v) is 7.29. The Morgan fingerprint density at radius 1 is 1.25 bits per heavy atom. The second kappa shape index (κ2) is 9.37. The van der Waals surface area contributed by atoms with Crippen LogP contribution in [0.4, 0.5) is 0 Å². The highest BCUT2D eigenvalue weighted by molar-refractivity contribution is 5.78. The fraction of sp³-hybridized carbons (Fsp3) is 0.562. The Morgan fingerprint density at radius 3 is 2.60 bits per heavy atom. The van der Waals surface area contributed by atoms with E-state index in [4.69, 9.17) is 4.74 Å². The average Bonchev–Trinajstić information content (AvgIpc) is 2.47. The molecule has 1 atom stereocenters. The van der Waals surface area contributed by atoms with Gasteiger partial charge in [0.15, 0.2) is 0 Å². The Kier molecular flexibility index (Phi) is 7.73. The lowest BCUT2D eigenvalue weighted by Gasteiger charge is -2.17. The molecule has 1 aromatic rings. The third kappa shape index (κ3) is 5.21. The number of benzene rings is 1. The molecule has 0 aliphatic carbocycles. The van der Waals surface area contributed by atoms with Crippen LogP contribution >= 0.6 is 0 Å². The molecular weight excluding hydrogens is 254 g/mol. The van der Waals surface area contributed by atoms with E-state index in [1.807, 2.05) is 0 Å². The lowest BCUT2D eigenvalue weighted by atomic mass is 10.1. The van der Waals surface area contributed by atoms with Crippen LogP contribution in [-0.2, 0) is 9.53 Å². The maximum Gasteiger partial charge on any atom is 0.327 e. The zero-order valence-corrected chi connectivity index (χ0v) is 12.4. The number of nitrogens with one attached hydrogen (secondary N) is 1. The summed E-state index contributed by atoms with van der Waals surface area (Å²) >= 11 is 0. The van der Waals surface area contributed by atoms with E-state index < -0.39 is 6.04 Å². The number of para-hydroxylation sites is 1. The number of carbonyl (C=O) groups excluding carboxylic acids is 1. The third-order valence-electron chi connectivity index (χ3n) is 3.31. The number of hydrogen-bond acceptors (Lipinski definition) is 4. The van der Waals surface area contributed by atoms with Crippen LogP contribution in [0.25, 0.3) is 0 Å². The van der Waals surface area contributed by atoms with Crippen molar-refractivity contribution < 1.29 is 14.6 Å². The number of aromatic hydroxyl groups is 1. The van der Waals surface area contributed by atoms with Gasteiger partial charge in [-0.3, -0.25) is 0 Å². The van der Waals surface area contributed by atoms with E-state index in [1.54, 1.807) is 24.3 Å². The Morgan fingerprint density at radius 2 is 1.95 bits per heavy atom. The normalized spacial score (nSPS) is 12.1. The van der Waals surface area contributed by atoms with Gasteiger partial charge in [-0.05, 0) is 19.0 Å². The molecule has 4 nitrogen and oxygen atoms in total. The minimum Gasteiger partial charge on any atom is -0.508 e. The van der Waals surface area contributed by atoms with Crippen molar-refractivity contribution in [3.05, 3.63) is 29.8 Å². The van der Waals surface area contributed by atoms with Crippen LogP contribution in [0.3, 0.4) is 0 Å². The van der Waals surface area contributed by atoms with Crippen molar-refractivity contribution in [1.29, 1.82) is 0 Å². The van der Waals surface area contributed by atoms with Crippen molar-refractivity contribution in [2.45, 2.75) is 45.1 Å². The minimum absolute atomic E-state index is 0.112. The van der Waals surface area contributed by atoms with Gasteiger partial charge in [-0.25, -0.2) is 4.79 Å². The largest absolute Gasteiger partial charge is 0.508 e. The molecule has 0 aliphatic heterocycles. The summed E-state index contributed by atoms with van der Waals surface area (Å²) in [6.07, 6.45) is 5.85. The quantitative estimate of drug-likeness (QED) is 0.538. The van der Waals surface area contributed by atoms with Crippen molar-refractivity contribution in [3.8, 4) is 5.75 Å². The van der Waals surface area contributed by atoms with E-state index in [0.29, 0.717) is 5.56 Å². The molecule has 0 bridgehead atoms. The lowest BCUT2D eigenvalue weighted by molar-refractivity contribution is -0.143. The van der Waals surface area contributed by atoms with Crippen LogP contribution in [-0.4, -0.2) is 24.7 Å². The highest BCUT2D eigenvalue weighted by Gasteiger charge is 2.23. The van der Waals surface area contributed by atoms with Gasteiger partial charge >= 0.3 is 5.97 Å². The molecule has 0 fully saturated rings. The molecule has 0 aliphatic rings. The predicted octanol–water partition coefficient (Wildman–Crippen LogP) is 3.17. The first kappa shape index (κ1) is 16.5. The van der Waals surface area contributed by atoms with Gasteiger partial charge < -0.3 is 15.2 Å². The molecule has 0 aromatic heterocycles. The third-order valence-corrected chi connectivity index (χ3v) is 3.31. The molecule has 0 spiro atoms. The van der Waals surface area contributed by atoms with Crippen LogP contribution in [0.2, 0.25) is 0 Å². The topological polar surface area (TPSA) is 58.6 Å². The van der Waals surface area contributed by atoms with E-state index in [-0.39, 0.29) is 11.7 Å². The molecular formula is C16H25NO3. The summed E-state index contributed by atoms with van der Waals surface area (Å²) in [6.45, 7) is 2.92. The predicted molar refractivity (Wildman–Crippen MR) is 79.6 cm³/mol. The van der Waals surface area contributed by atoms with Crippen LogP contribution < -0.4 is 5.32 Å². The second-order valence-corrected chi connectivity index (χ2v) is 4.88. The lowest BCUT2D eigenvalue weighted by Crippen LogP contribution is -2.30. The summed E-state index contributed by atoms with van der Waals surface area (Å²) in [5.74, 6) is -0.263. The number of unbranched alkanes of at least 4 members (excludes halogenated alkanes) is 4. The summed E-state index contributed by atoms with van der Waals surface area (Å²) in [4.78, 5) is 11.8. The highest BCUT2D eigenvalue weighted by atomic mass is 16.5. The van der Waals surface area contributed by atoms with Gasteiger partial charge in [-0.15, -0.1) is 0 Å². The Bertz CT molecular complexity index is 406. The van der Waals surface area contributed by atoms with E-state index in [1.165, 1.54) is 26.4 Å². The first-order valence-electron chi connectivity index (χ1n) is 7.29. The molecule has 0 heterocycles. The number of methoxy groups -OCH3 is 1. The SMILES string of the molecule is CCCCCCCNC(C(=O)OC)c1ccccc1O. The van der Waals surface area contributed by atoms with Crippen molar-refractivity contribution in [1.82, 2.24) is 5.32 Å². The van der Waals surface area contributed by atoms with Gasteiger partial charge in [-0.2, -0.15) is 0 Å². The zero-order chi connectivity index (χ0) is 14.8. The van der Waals surface area contributed by atoms with Crippen LogP contribution in [0.15, 0.2) is 24.3 Å². The summed E-state index contributed by atoms with van der Waals surface area (Å²) < 4.78 is 4.80. The Hall–Kier alpha value is -1.55. The number of ether oxygens (including phenoxy) is 1. The fourth-order valence-corrected chi connectivity index (χ4v) is 2.14. The Labute approximate surface area is 121 Å². The molecule has 0 saturated carbocycles. The second-order valence-electron chi connectivity index (χ2n) is 4.88. The molecule has 0 amide bonds. The molecule has 112 valence electrons. The van der Waals surface area contributed by atoms with Crippen molar-refractivity contribution in [2.75, 3.05) is 13.7 Å². The molecule has 0 radical (unpaired) electrons. The molecule has 1 aromatic carbocycles. The summed E-state index contributed by atoms with van der Waals surface area (Å²) in [7, 11) is 1.36. The summed E-state index contributed by atoms with van der Waals surface area (Å²) in [5, 5.41) is 13.0. The summed E-state index contributed by atoms with van der Waals surface area (Å²) in [5.41, 5.74) is 0.563. The smallest absolute Gasteiger partial charge is 0.327 e. The van der Waals surface area contributed by atoms with Crippen LogP contribution in [0.1, 0.15) is 50.6 Å². The van der Waals surface area contributed by atoms with E-state index in [2.05, 4.69) is 12.2 Å². The summed E-state index contributed by atoms with van der Waals surface area (Å²) in [6, 6.07) is 6.24. The monoisotopic (exact) mass is 279 g/mol. The number of hydrogen-bond donors (Lipinski definition) is 2. The standard InChI is InChI=1S/C16H25NO3/c1-3-4-5-6-9-12-17-15(16(19)20-2)13-10-7-8-11-14(13)18/h7-8,10-11,15,17-18H,3-6,9,12H2,1-2H3. The maximum atomic E-state index is 11.8.